The minimum absolute atomic E-state index is 0.0201. The van der Waals surface area contributed by atoms with Crippen LogP contribution in [0.4, 0.5) is 28.2 Å². The highest BCUT2D eigenvalue weighted by Gasteiger charge is 2.32. The molecule has 0 unspecified atom stereocenters. The zero-order valence-electron chi connectivity index (χ0n) is 24.0. The quantitative estimate of drug-likeness (QED) is 0.466. The third kappa shape index (κ3) is 5.57. The van der Waals surface area contributed by atoms with Crippen molar-refractivity contribution >= 4 is 35.3 Å². The Balaban J connectivity index is 1.23. The van der Waals surface area contributed by atoms with E-state index in [1.165, 1.54) is 0 Å². The summed E-state index contributed by atoms with van der Waals surface area (Å²) in [5.41, 5.74) is 10.1. The number of nitrogens with zero attached hydrogens (tertiary/aromatic N) is 8. The number of benzene rings is 1. The van der Waals surface area contributed by atoms with Gasteiger partial charge in [0.1, 0.15) is 5.82 Å². The molecule has 0 spiro atoms. The van der Waals surface area contributed by atoms with Gasteiger partial charge in [0.05, 0.1) is 18.9 Å². The maximum absolute atomic E-state index is 13.6. The van der Waals surface area contributed by atoms with E-state index in [1.807, 2.05) is 17.9 Å². The van der Waals surface area contributed by atoms with Crippen molar-refractivity contribution < 1.29 is 14.3 Å². The van der Waals surface area contributed by atoms with E-state index in [9.17, 15) is 9.59 Å². The molecule has 1 aromatic carbocycles. The van der Waals surface area contributed by atoms with Crippen LogP contribution in [0.25, 0.3) is 11.3 Å². The zero-order chi connectivity index (χ0) is 29.2. The number of nitrogens with one attached hydrogen (secondary N) is 1. The van der Waals surface area contributed by atoms with Crippen molar-refractivity contribution in [1.29, 1.82) is 0 Å². The van der Waals surface area contributed by atoms with Gasteiger partial charge in [0.25, 0.3) is 5.91 Å². The van der Waals surface area contributed by atoms with Crippen molar-refractivity contribution in [2.24, 2.45) is 0 Å². The molecular weight excluding hydrogens is 536 g/mol. The molecule has 0 saturated carbocycles. The SMILES string of the molecule is CCN1CCN(C(=O)c2ccc(NC(=O)N3CCc4c(-c5cnc(N)nc5)nc(N5CCOCC5)nc43)c(C)c2)CC1. The second-order valence-corrected chi connectivity index (χ2v) is 10.7. The molecule has 13 heteroatoms. The molecule has 3 aliphatic heterocycles. The van der Waals surface area contributed by atoms with Gasteiger partial charge in [0, 0.05) is 80.6 Å². The van der Waals surface area contributed by atoms with Crippen molar-refractivity contribution in [2.45, 2.75) is 20.3 Å². The number of urea groups is 1. The summed E-state index contributed by atoms with van der Waals surface area (Å²) in [4.78, 5) is 52.7. The predicted molar refractivity (Wildman–Crippen MR) is 160 cm³/mol. The number of carbonyl (C=O) groups is 2. The number of aryl methyl sites for hydroxylation is 1. The first-order valence-electron chi connectivity index (χ1n) is 14.4. The summed E-state index contributed by atoms with van der Waals surface area (Å²) in [7, 11) is 0. The number of amides is 3. The van der Waals surface area contributed by atoms with E-state index in [1.54, 1.807) is 29.4 Å². The molecular formula is C29H36N10O3. The predicted octanol–water partition coefficient (Wildman–Crippen LogP) is 2.03. The lowest BCUT2D eigenvalue weighted by molar-refractivity contribution is 0.0643. The highest BCUT2D eigenvalue weighted by Crippen LogP contribution is 2.36. The minimum atomic E-state index is -0.294. The molecule has 0 atom stereocenters. The Labute approximate surface area is 244 Å². The summed E-state index contributed by atoms with van der Waals surface area (Å²) in [6, 6.07) is 5.14. The number of nitrogen functional groups attached to an aromatic ring is 1. The molecule has 3 amide bonds. The normalized spacial score (nSPS) is 17.3. The van der Waals surface area contributed by atoms with Crippen LogP contribution in [0.15, 0.2) is 30.6 Å². The summed E-state index contributed by atoms with van der Waals surface area (Å²) >= 11 is 0. The number of aromatic nitrogens is 4. The maximum atomic E-state index is 13.6. The van der Waals surface area contributed by atoms with Crippen LogP contribution in [0.5, 0.6) is 0 Å². The molecule has 220 valence electrons. The largest absolute Gasteiger partial charge is 0.378 e. The van der Waals surface area contributed by atoms with Crippen LogP contribution in [0.1, 0.15) is 28.4 Å². The fourth-order valence-corrected chi connectivity index (χ4v) is 5.61. The van der Waals surface area contributed by atoms with E-state index in [2.05, 4.69) is 32.0 Å². The Bertz CT molecular complexity index is 1470. The van der Waals surface area contributed by atoms with E-state index in [-0.39, 0.29) is 17.9 Å². The molecule has 42 heavy (non-hydrogen) atoms. The van der Waals surface area contributed by atoms with Crippen LogP contribution in [-0.2, 0) is 11.2 Å². The minimum Gasteiger partial charge on any atom is -0.378 e. The molecule has 0 aliphatic carbocycles. The van der Waals surface area contributed by atoms with Gasteiger partial charge in [-0.2, -0.15) is 4.98 Å². The van der Waals surface area contributed by atoms with Crippen molar-refractivity contribution in [3.8, 4) is 11.3 Å². The van der Waals surface area contributed by atoms with Crippen LogP contribution < -0.4 is 20.9 Å². The third-order valence-corrected chi connectivity index (χ3v) is 8.12. The number of ether oxygens (including phenoxy) is 1. The molecule has 5 heterocycles. The zero-order valence-corrected chi connectivity index (χ0v) is 24.0. The van der Waals surface area contributed by atoms with Gasteiger partial charge in [-0.15, -0.1) is 0 Å². The van der Waals surface area contributed by atoms with E-state index >= 15 is 0 Å². The molecule has 6 rings (SSSR count). The number of carbonyl (C=O) groups excluding carboxylic acids is 2. The molecule has 13 nitrogen and oxygen atoms in total. The molecule has 0 radical (unpaired) electrons. The molecule has 2 fully saturated rings. The summed E-state index contributed by atoms with van der Waals surface area (Å²) in [6.45, 7) is 11.2. The summed E-state index contributed by atoms with van der Waals surface area (Å²) in [5.74, 6) is 1.29. The highest BCUT2D eigenvalue weighted by atomic mass is 16.5. The van der Waals surface area contributed by atoms with E-state index in [0.29, 0.717) is 73.5 Å². The molecule has 3 N–H and O–H groups in total. The van der Waals surface area contributed by atoms with Crippen LogP contribution in [0, 0.1) is 6.92 Å². The lowest BCUT2D eigenvalue weighted by atomic mass is 10.1. The third-order valence-electron chi connectivity index (χ3n) is 8.12. The Morgan fingerprint density at radius 1 is 1.00 bits per heavy atom. The van der Waals surface area contributed by atoms with Crippen LogP contribution >= 0.6 is 0 Å². The average Bonchev–Trinajstić information content (AvgIpc) is 3.46. The average molecular weight is 573 g/mol. The molecule has 3 aromatic rings. The maximum Gasteiger partial charge on any atom is 0.327 e. The number of hydrogen-bond donors (Lipinski definition) is 2. The van der Waals surface area contributed by atoms with Gasteiger partial charge in [-0.25, -0.2) is 19.7 Å². The fourth-order valence-electron chi connectivity index (χ4n) is 5.61. The van der Waals surface area contributed by atoms with Gasteiger partial charge in [-0.05, 0) is 43.7 Å². The van der Waals surface area contributed by atoms with E-state index in [4.69, 9.17) is 20.4 Å². The number of likely N-dealkylation sites (N-methyl/N-ethyl adjacent to an activating group) is 1. The number of fused-ring (bicyclic) bond motifs is 1. The van der Waals surface area contributed by atoms with Gasteiger partial charge in [0.2, 0.25) is 11.9 Å². The molecule has 0 bridgehead atoms. The van der Waals surface area contributed by atoms with Crippen LogP contribution in [0.2, 0.25) is 0 Å². The van der Waals surface area contributed by atoms with Gasteiger partial charge in [-0.3, -0.25) is 9.69 Å². The highest BCUT2D eigenvalue weighted by molar-refractivity contribution is 6.04. The standard InChI is InChI=1S/C29H36N10O3/c1-3-36-8-10-37(11-9-36)26(40)20-4-5-23(19(2)16-20)33-29(41)39-7-6-22-24(21-17-31-27(30)32-18-21)34-28(35-25(22)39)38-12-14-42-15-13-38/h4-5,16-18H,3,6-15H2,1-2H3,(H,33,41)(H2,30,31,32). The molecule has 2 saturated heterocycles. The van der Waals surface area contributed by atoms with E-state index < -0.39 is 0 Å². The van der Waals surface area contributed by atoms with E-state index in [0.717, 1.165) is 43.9 Å². The summed E-state index contributed by atoms with van der Waals surface area (Å²) in [6.07, 6.45) is 3.88. The van der Waals surface area contributed by atoms with Crippen molar-refractivity contribution in [3.63, 3.8) is 0 Å². The first-order valence-corrected chi connectivity index (χ1v) is 14.4. The van der Waals surface area contributed by atoms with Crippen molar-refractivity contribution in [1.82, 2.24) is 29.7 Å². The number of hydrogen-bond acceptors (Lipinski definition) is 10. The summed E-state index contributed by atoms with van der Waals surface area (Å²) in [5, 5.41) is 3.04. The van der Waals surface area contributed by atoms with Gasteiger partial charge in [0.15, 0.2) is 0 Å². The number of morpholine rings is 1. The monoisotopic (exact) mass is 572 g/mol. The van der Waals surface area contributed by atoms with Crippen molar-refractivity contribution in [2.75, 3.05) is 86.4 Å². The van der Waals surface area contributed by atoms with Crippen LogP contribution in [0.3, 0.4) is 0 Å². The Hall–Kier alpha value is -4.36. The Morgan fingerprint density at radius 2 is 1.74 bits per heavy atom. The number of anilines is 4. The first kappa shape index (κ1) is 27.8. The second kappa shape index (κ2) is 11.9. The number of piperazine rings is 1. The summed E-state index contributed by atoms with van der Waals surface area (Å²) < 4.78 is 5.51. The Morgan fingerprint density at radius 3 is 2.43 bits per heavy atom. The van der Waals surface area contributed by atoms with Crippen LogP contribution in [-0.4, -0.2) is 107 Å². The smallest absolute Gasteiger partial charge is 0.327 e. The lowest BCUT2D eigenvalue weighted by Gasteiger charge is -2.34. The second-order valence-electron chi connectivity index (χ2n) is 10.7. The molecule has 2 aromatic heterocycles. The fraction of sp³-hybridized carbons (Fsp3) is 0.448. The lowest BCUT2D eigenvalue weighted by Crippen LogP contribution is -2.48. The Kier molecular flexibility index (Phi) is 7.85. The number of nitrogens with two attached hydrogens (primary N) is 1. The van der Waals surface area contributed by atoms with Gasteiger partial charge >= 0.3 is 6.03 Å². The number of rotatable bonds is 5. The van der Waals surface area contributed by atoms with Gasteiger partial charge in [-0.1, -0.05) is 6.92 Å². The molecule has 3 aliphatic rings. The first-order chi connectivity index (χ1) is 20.4. The topological polar surface area (TPSA) is 146 Å². The van der Waals surface area contributed by atoms with Crippen molar-refractivity contribution in [3.05, 3.63) is 47.3 Å². The van der Waals surface area contributed by atoms with Gasteiger partial charge < -0.3 is 30.5 Å².